The van der Waals surface area contributed by atoms with Gasteiger partial charge in [0.05, 0.1) is 6.61 Å². The zero-order chi connectivity index (χ0) is 13.9. The predicted octanol–water partition coefficient (Wildman–Crippen LogP) is 1.81. The van der Waals surface area contributed by atoms with E-state index < -0.39 is 40.1 Å². The molecule has 1 aromatic rings. The number of nitro groups is 1. The van der Waals surface area contributed by atoms with Crippen molar-refractivity contribution in [3.8, 4) is 5.75 Å². The maximum Gasteiger partial charge on any atom is 0.406 e. The highest BCUT2D eigenvalue weighted by atomic mass is 19.3. The molecule has 98 valence electrons. The second-order valence-corrected chi connectivity index (χ2v) is 3.04. The number of esters is 1. The van der Waals surface area contributed by atoms with Crippen LogP contribution in [0.3, 0.4) is 0 Å². The lowest BCUT2D eigenvalue weighted by Crippen LogP contribution is -2.11. The number of carbonyl (C=O) groups excluding carboxylic acids is 1. The fraction of sp³-hybridized carbons (Fsp3) is 0.333. The third kappa shape index (κ3) is 2.67. The van der Waals surface area contributed by atoms with Crippen LogP contribution in [0.15, 0.2) is 6.07 Å². The first-order valence-corrected chi connectivity index (χ1v) is 4.72. The number of hydrogen-bond donors (Lipinski definition) is 1. The lowest BCUT2D eigenvalue weighted by molar-refractivity contribution is -0.390. The molecular formula is C9H8F2N2O5. The Labute approximate surface area is 99.2 Å². The number of aromatic nitrogens is 1. The van der Waals surface area contributed by atoms with E-state index in [1.54, 1.807) is 0 Å². The molecule has 0 aliphatic heterocycles. The number of aromatic hydroxyl groups is 1. The monoisotopic (exact) mass is 262 g/mol. The lowest BCUT2D eigenvalue weighted by atomic mass is 10.2. The van der Waals surface area contributed by atoms with Crippen LogP contribution in [-0.4, -0.2) is 27.6 Å². The molecule has 0 spiro atoms. The van der Waals surface area contributed by atoms with E-state index in [-0.39, 0.29) is 6.61 Å². The zero-order valence-electron chi connectivity index (χ0n) is 9.09. The van der Waals surface area contributed by atoms with Crippen molar-refractivity contribution in [1.82, 2.24) is 4.98 Å². The molecule has 0 fully saturated rings. The highest BCUT2D eigenvalue weighted by molar-refractivity contribution is 5.91. The molecule has 1 aromatic heterocycles. The van der Waals surface area contributed by atoms with Crippen molar-refractivity contribution in [1.29, 1.82) is 0 Å². The second kappa shape index (κ2) is 5.34. The van der Waals surface area contributed by atoms with Crippen molar-refractivity contribution in [2.45, 2.75) is 13.3 Å². The Morgan fingerprint density at radius 3 is 2.72 bits per heavy atom. The summed E-state index contributed by atoms with van der Waals surface area (Å²) in [5.74, 6) is -3.25. The van der Waals surface area contributed by atoms with E-state index in [4.69, 9.17) is 0 Å². The quantitative estimate of drug-likeness (QED) is 0.504. The molecule has 0 saturated carbocycles. The molecule has 18 heavy (non-hydrogen) atoms. The normalized spacial score (nSPS) is 10.4. The molecule has 0 amide bonds. The number of alkyl halides is 2. The zero-order valence-corrected chi connectivity index (χ0v) is 9.09. The average molecular weight is 262 g/mol. The lowest BCUT2D eigenvalue weighted by Gasteiger charge is -2.05. The van der Waals surface area contributed by atoms with E-state index in [2.05, 4.69) is 9.72 Å². The largest absolute Gasteiger partial charge is 0.501 e. The van der Waals surface area contributed by atoms with Gasteiger partial charge in [0.1, 0.15) is 5.56 Å². The Balaban J connectivity index is 3.38. The van der Waals surface area contributed by atoms with Crippen LogP contribution in [0, 0.1) is 10.1 Å². The van der Waals surface area contributed by atoms with Crippen LogP contribution in [0.25, 0.3) is 0 Å². The van der Waals surface area contributed by atoms with Gasteiger partial charge in [-0.25, -0.2) is 13.6 Å². The van der Waals surface area contributed by atoms with Crippen LogP contribution in [0.1, 0.15) is 29.4 Å². The topological polar surface area (TPSA) is 103 Å². The molecule has 7 nitrogen and oxygen atoms in total. The maximum atomic E-state index is 12.6. The van der Waals surface area contributed by atoms with Gasteiger partial charge in [-0.1, -0.05) is 0 Å². The molecule has 0 bridgehead atoms. The minimum Gasteiger partial charge on any atom is -0.501 e. The number of carbonyl (C=O) groups is 1. The van der Waals surface area contributed by atoms with Gasteiger partial charge in [0.15, 0.2) is 0 Å². The minimum absolute atomic E-state index is 0.0702. The van der Waals surface area contributed by atoms with Crippen molar-refractivity contribution >= 4 is 11.8 Å². The first kappa shape index (κ1) is 13.7. The third-order valence-electron chi connectivity index (χ3n) is 1.89. The first-order valence-electron chi connectivity index (χ1n) is 4.72. The highest BCUT2D eigenvalue weighted by Crippen LogP contribution is 2.31. The molecule has 0 saturated heterocycles. The van der Waals surface area contributed by atoms with Crippen LogP contribution in [0.5, 0.6) is 5.75 Å². The van der Waals surface area contributed by atoms with E-state index in [1.165, 1.54) is 6.92 Å². The summed E-state index contributed by atoms with van der Waals surface area (Å²) in [6.07, 6.45) is -3.20. The van der Waals surface area contributed by atoms with Crippen LogP contribution < -0.4 is 0 Å². The van der Waals surface area contributed by atoms with Gasteiger partial charge in [0, 0.05) is 6.07 Å². The van der Waals surface area contributed by atoms with Crippen molar-refractivity contribution in [3.63, 3.8) is 0 Å². The molecule has 1 heterocycles. The average Bonchev–Trinajstić information content (AvgIpc) is 2.27. The highest BCUT2D eigenvalue weighted by Gasteiger charge is 2.31. The Morgan fingerprint density at radius 2 is 2.28 bits per heavy atom. The van der Waals surface area contributed by atoms with Gasteiger partial charge < -0.3 is 20.0 Å². The van der Waals surface area contributed by atoms with Crippen molar-refractivity contribution in [3.05, 3.63) is 27.4 Å². The number of ether oxygens (including phenoxy) is 1. The van der Waals surface area contributed by atoms with Gasteiger partial charge in [-0.15, -0.1) is 0 Å². The minimum atomic E-state index is -3.20. The maximum absolute atomic E-state index is 12.6. The molecule has 0 unspecified atom stereocenters. The number of halogens is 2. The molecule has 9 heteroatoms. The van der Waals surface area contributed by atoms with Gasteiger partial charge in [-0.05, 0) is 16.8 Å². The van der Waals surface area contributed by atoms with Crippen LogP contribution in [-0.2, 0) is 4.74 Å². The molecule has 0 atom stereocenters. The molecule has 1 rings (SSSR count). The molecule has 1 N–H and O–H groups in total. The summed E-state index contributed by atoms with van der Waals surface area (Å²) < 4.78 is 29.7. The van der Waals surface area contributed by atoms with E-state index in [0.717, 1.165) is 0 Å². The standard InChI is InChI=1S/C9H8F2N2O5/c1-2-18-9(15)4-3-5(14)8(13(16)17)12-6(4)7(10)11/h3,7,14H,2H2,1H3. The van der Waals surface area contributed by atoms with E-state index in [1.807, 2.05) is 0 Å². The molecule has 0 aromatic carbocycles. The van der Waals surface area contributed by atoms with E-state index in [9.17, 15) is 28.8 Å². The van der Waals surface area contributed by atoms with E-state index >= 15 is 0 Å². The fourth-order valence-electron chi connectivity index (χ4n) is 1.18. The number of rotatable bonds is 4. The van der Waals surface area contributed by atoms with Crippen LogP contribution >= 0.6 is 0 Å². The summed E-state index contributed by atoms with van der Waals surface area (Å²) in [4.78, 5) is 23.6. The van der Waals surface area contributed by atoms with Crippen molar-refractivity contribution < 1.29 is 28.3 Å². The Morgan fingerprint density at radius 1 is 1.67 bits per heavy atom. The molecule has 0 aliphatic carbocycles. The third-order valence-corrected chi connectivity index (χ3v) is 1.89. The Hall–Kier alpha value is -2.32. The molecule has 0 aliphatic rings. The summed E-state index contributed by atoms with van der Waals surface area (Å²) in [5.41, 5.74) is -1.80. The van der Waals surface area contributed by atoms with E-state index in [0.29, 0.717) is 6.07 Å². The smallest absolute Gasteiger partial charge is 0.406 e. The van der Waals surface area contributed by atoms with Gasteiger partial charge in [0.2, 0.25) is 11.4 Å². The fourth-order valence-corrected chi connectivity index (χ4v) is 1.18. The van der Waals surface area contributed by atoms with Crippen LogP contribution in [0.4, 0.5) is 14.6 Å². The number of nitrogens with zero attached hydrogens (tertiary/aromatic N) is 2. The van der Waals surface area contributed by atoms with Gasteiger partial charge >= 0.3 is 18.2 Å². The summed E-state index contributed by atoms with van der Waals surface area (Å²) in [6.45, 7) is 1.39. The summed E-state index contributed by atoms with van der Waals surface area (Å²) in [5, 5.41) is 19.7. The summed E-state index contributed by atoms with van der Waals surface area (Å²) >= 11 is 0. The number of pyridine rings is 1. The summed E-state index contributed by atoms with van der Waals surface area (Å²) in [6, 6.07) is 0.546. The van der Waals surface area contributed by atoms with Gasteiger partial charge in [-0.2, -0.15) is 0 Å². The van der Waals surface area contributed by atoms with Crippen molar-refractivity contribution in [2.75, 3.05) is 6.61 Å². The number of hydrogen-bond acceptors (Lipinski definition) is 6. The molecule has 0 radical (unpaired) electrons. The Kier molecular flexibility index (Phi) is 4.08. The van der Waals surface area contributed by atoms with Crippen LogP contribution in [0.2, 0.25) is 0 Å². The van der Waals surface area contributed by atoms with Gasteiger partial charge in [0.25, 0.3) is 0 Å². The SMILES string of the molecule is CCOC(=O)c1cc(O)c([N+](=O)[O-])nc1C(F)F. The Bertz CT molecular complexity index is 492. The first-order chi connectivity index (χ1) is 8.38. The second-order valence-electron chi connectivity index (χ2n) is 3.04. The predicted molar refractivity (Wildman–Crippen MR) is 53.5 cm³/mol. The van der Waals surface area contributed by atoms with Crippen molar-refractivity contribution in [2.24, 2.45) is 0 Å². The summed E-state index contributed by atoms with van der Waals surface area (Å²) in [7, 11) is 0. The molecular weight excluding hydrogens is 254 g/mol. The van der Waals surface area contributed by atoms with Gasteiger partial charge in [-0.3, -0.25) is 0 Å².